The maximum absolute atomic E-state index is 12.4. The molecule has 1 atom stereocenters. The highest BCUT2D eigenvalue weighted by molar-refractivity contribution is 5.71. The average Bonchev–Trinajstić information content (AvgIpc) is 2.62. The molecule has 0 aromatic carbocycles. The molecule has 1 rings (SSSR count). The van der Waals surface area contributed by atoms with E-state index < -0.39 is 24.6 Å². The summed E-state index contributed by atoms with van der Waals surface area (Å²) < 4.78 is 43.4. The minimum Gasteiger partial charge on any atom is -0.481 e. The van der Waals surface area contributed by atoms with E-state index in [0.717, 1.165) is 0 Å². The Hall–Kier alpha value is -1.77. The Morgan fingerprint density at radius 1 is 1.63 bits per heavy atom. The molecule has 0 amide bonds. The van der Waals surface area contributed by atoms with Crippen molar-refractivity contribution in [1.29, 1.82) is 0 Å². The topological polar surface area (TPSA) is 76.4 Å². The van der Waals surface area contributed by atoms with Crippen LogP contribution in [0.5, 0.6) is 5.88 Å². The van der Waals surface area contributed by atoms with Gasteiger partial charge in [-0.3, -0.25) is 4.79 Å². The van der Waals surface area contributed by atoms with Crippen LogP contribution in [0.3, 0.4) is 0 Å². The fraction of sp³-hybridized carbons (Fsp3) is 0.600. The molecule has 2 N–H and O–H groups in total. The van der Waals surface area contributed by atoms with Crippen molar-refractivity contribution >= 4 is 5.97 Å². The van der Waals surface area contributed by atoms with Crippen LogP contribution in [0.2, 0.25) is 0 Å². The number of hydrogen-bond donors (Lipinski definition) is 2. The number of alkyl halides is 3. The second-order valence-electron chi connectivity index (χ2n) is 3.86. The second-order valence-corrected chi connectivity index (χ2v) is 3.86. The summed E-state index contributed by atoms with van der Waals surface area (Å²) >= 11 is 0. The number of nitrogens with zero attached hydrogens (tertiary/aromatic N) is 2. The molecular formula is C10H14F3N3O3. The number of rotatable bonds is 6. The molecule has 19 heavy (non-hydrogen) atoms. The number of halogens is 3. The van der Waals surface area contributed by atoms with Crippen LogP contribution in [0, 0.1) is 5.92 Å². The van der Waals surface area contributed by atoms with Gasteiger partial charge in [-0.25, -0.2) is 4.68 Å². The molecule has 1 aromatic rings. The molecule has 0 bridgehead atoms. The van der Waals surface area contributed by atoms with Crippen molar-refractivity contribution < 1.29 is 27.8 Å². The van der Waals surface area contributed by atoms with Gasteiger partial charge in [0.15, 0.2) is 5.92 Å². The van der Waals surface area contributed by atoms with E-state index in [1.807, 2.05) is 0 Å². The zero-order valence-corrected chi connectivity index (χ0v) is 10.4. The Labute approximate surface area is 107 Å². The van der Waals surface area contributed by atoms with E-state index in [9.17, 15) is 18.0 Å². The van der Waals surface area contributed by atoms with Crippen molar-refractivity contribution in [2.45, 2.75) is 12.7 Å². The Morgan fingerprint density at radius 3 is 2.68 bits per heavy atom. The molecule has 0 aliphatic rings. The number of nitrogens with one attached hydrogen (secondary N) is 1. The summed E-state index contributed by atoms with van der Waals surface area (Å²) in [7, 11) is 3.07. The van der Waals surface area contributed by atoms with E-state index in [1.54, 1.807) is 13.1 Å². The number of carboxylic acid groups (broad SMARTS) is 1. The van der Waals surface area contributed by atoms with Crippen molar-refractivity contribution in [3.8, 4) is 5.88 Å². The van der Waals surface area contributed by atoms with Crippen LogP contribution >= 0.6 is 0 Å². The average molecular weight is 281 g/mol. The van der Waals surface area contributed by atoms with E-state index in [-0.39, 0.29) is 6.54 Å². The van der Waals surface area contributed by atoms with Crippen LogP contribution in [-0.4, -0.2) is 40.7 Å². The number of aryl methyl sites for hydroxylation is 1. The largest absolute Gasteiger partial charge is 0.481 e. The zero-order valence-electron chi connectivity index (χ0n) is 10.4. The fourth-order valence-corrected chi connectivity index (χ4v) is 1.47. The van der Waals surface area contributed by atoms with Crippen LogP contribution in [-0.2, 0) is 18.4 Å². The van der Waals surface area contributed by atoms with Crippen molar-refractivity contribution in [3.63, 3.8) is 0 Å². The summed E-state index contributed by atoms with van der Waals surface area (Å²) in [4.78, 5) is 10.5. The molecule has 9 heteroatoms. The number of carboxylic acids is 1. The number of aliphatic carboxylic acids is 1. The van der Waals surface area contributed by atoms with E-state index in [4.69, 9.17) is 9.84 Å². The molecule has 0 saturated carbocycles. The van der Waals surface area contributed by atoms with Crippen LogP contribution < -0.4 is 10.1 Å². The summed E-state index contributed by atoms with van der Waals surface area (Å²) in [5.74, 6) is -3.88. The molecule has 108 valence electrons. The molecule has 1 heterocycles. The Morgan fingerprint density at radius 2 is 2.26 bits per heavy atom. The highest BCUT2D eigenvalue weighted by Crippen LogP contribution is 2.25. The third-order valence-corrected chi connectivity index (χ3v) is 2.44. The summed E-state index contributed by atoms with van der Waals surface area (Å²) in [6.45, 7) is -0.686. The fourth-order valence-electron chi connectivity index (χ4n) is 1.47. The molecule has 0 spiro atoms. The Bertz CT molecular complexity index is 445. The maximum atomic E-state index is 12.4. The summed E-state index contributed by atoms with van der Waals surface area (Å²) in [5, 5.41) is 14.9. The van der Waals surface area contributed by atoms with Gasteiger partial charge in [0.1, 0.15) is 0 Å². The lowest BCUT2D eigenvalue weighted by Gasteiger charge is -2.16. The number of methoxy groups -OCH3 is 1. The molecule has 0 aliphatic carbocycles. The lowest BCUT2D eigenvalue weighted by molar-refractivity contribution is -0.192. The van der Waals surface area contributed by atoms with E-state index in [2.05, 4.69) is 10.4 Å². The van der Waals surface area contributed by atoms with Crippen LogP contribution in [0.15, 0.2) is 6.07 Å². The van der Waals surface area contributed by atoms with Gasteiger partial charge in [0, 0.05) is 26.2 Å². The first-order valence-electron chi connectivity index (χ1n) is 5.33. The van der Waals surface area contributed by atoms with Crippen molar-refractivity contribution in [1.82, 2.24) is 15.1 Å². The van der Waals surface area contributed by atoms with Crippen molar-refractivity contribution in [3.05, 3.63) is 11.8 Å². The summed E-state index contributed by atoms with van der Waals surface area (Å²) in [5.41, 5.74) is 0.464. The number of hydrogen-bond acceptors (Lipinski definition) is 4. The monoisotopic (exact) mass is 281 g/mol. The van der Waals surface area contributed by atoms with Gasteiger partial charge in [-0.05, 0) is 0 Å². The van der Waals surface area contributed by atoms with E-state index in [0.29, 0.717) is 11.6 Å². The van der Waals surface area contributed by atoms with Crippen LogP contribution in [0.4, 0.5) is 13.2 Å². The van der Waals surface area contributed by atoms with Crippen molar-refractivity contribution in [2.24, 2.45) is 13.0 Å². The van der Waals surface area contributed by atoms with Gasteiger partial charge < -0.3 is 15.2 Å². The Kier molecular flexibility index (Phi) is 4.76. The standard InChI is InChI=1S/C10H14F3N3O3/c1-16-8(19-2)3-6(15-16)4-14-5-7(9(17)18)10(11,12)13/h3,7,14H,4-5H2,1-2H3,(H,17,18). The minimum atomic E-state index is -4.78. The van der Waals surface area contributed by atoms with Crippen molar-refractivity contribution in [2.75, 3.05) is 13.7 Å². The van der Waals surface area contributed by atoms with Gasteiger partial charge in [0.2, 0.25) is 5.88 Å². The minimum absolute atomic E-state index is 0.0249. The molecule has 6 nitrogen and oxygen atoms in total. The molecular weight excluding hydrogens is 267 g/mol. The first-order valence-corrected chi connectivity index (χ1v) is 5.33. The molecule has 1 aromatic heterocycles. The van der Waals surface area contributed by atoms with Crippen LogP contribution in [0.1, 0.15) is 5.69 Å². The third kappa shape index (κ3) is 4.12. The molecule has 0 saturated heterocycles. The highest BCUT2D eigenvalue weighted by Gasteiger charge is 2.44. The lowest BCUT2D eigenvalue weighted by Crippen LogP contribution is -2.38. The number of carbonyl (C=O) groups is 1. The predicted molar refractivity (Wildman–Crippen MR) is 58.6 cm³/mol. The molecule has 0 radical (unpaired) electrons. The van der Waals surface area contributed by atoms with Gasteiger partial charge in [-0.1, -0.05) is 0 Å². The van der Waals surface area contributed by atoms with Crippen LogP contribution in [0.25, 0.3) is 0 Å². The predicted octanol–water partition coefficient (Wildman–Crippen LogP) is 0.781. The molecule has 1 unspecified atom stereocenters. The SMILES string of the molecule is COc1cc(CNCC(C(=O)O)C(F)(F)F)nn1C. The first-order chi connectivity index (χ1) is 8.75. The number of aromatic nitrogens is 2. The van der Waals surface area contributed by atoms with Gasteiger partial charge in [0.25, 0.3) is 0 Å². The first kappa shape index (κ1) is 15.3. The maximum Gasteiger partial charge on any atom is 0.403 e. The van der Waals surface area contributed by atoms with Gasteiger partial charge in [0.05, 0.1) is 12.8 Å². The van der Waals surface area contributed by atoms with Gasteiger partial charge in [-0.2, -0.15) is 18.3 Å². The summed E-state index contributed by atoms with van der Waals surface area (Å²) in [6, 6.07) is 1.55. The highest BCUT2D eigenvalue weighted by atomic mass is 19.4. The van der Waals surface area contributed by atoms with Gasteiger partial charge >= 0.3 is 12.1 Å². The van der Waals surface area contributed by atoms with Gasteiger partial charge in [-0.15, -0.1) is 0 Å². The van der Waals surface area contributed by atoms with E-state index >= 15 is 0 Å². The zero-order chi connectivity index (χ0) is 14.6. The molecule has 0 aliphatic heterocycles. The quantitative estimate of drug-likeness (QED) is 0.806. The third-order valence-electron chi connectivity index (χ3n) is 2.44. The Balaban J connectivity index is 2.54. The lowest BCUT2D eigenvalue weighted by atomic mass is 10.1. The normalized spacial score (nSPS) is 13.3. The smallest absolute Gasteiger partial charge is 0.403 e. The van der Waals surface area contributed by atoms with E-state index in [1.165, 1.54) is 11.8 Å². The second kappa shape index (κ2) is 5.91. The molecule has 0 fully saturated rings. The summed E-state index contributed by atoms with van der Waals surface area (Å²) in [6.07, 6.45) is -4.78. The number of ether oxygens (including phenoxy) is 1.